The fraction of sp³-hybridized carbons (Fsp3) is 0.462. The Morgan fingerprint density at radius 1 is 1.41 bits per heavy atom. The fourth-order valence-electron chi connectivity index (χ4n) is 2.24. The molecule has 2 rings (SSSR count). The van der Waals surface area contributed by atoms with Gasteiger partial charge < -0.3 is 9.64 Å². The van der Waals surface area contributed by atoms with E-state index in [1.54, 1.807) is 7.11 Å². The number of amides is 1. The van der Waals surface area contributed by atoms with Crippen LogP contribution in [-0.2, 0) is 6.42 Å². The Hall–Kier alpha value is -0.780. The maximum Gasteiger partial charge on any atom is 0.255 e. The van der Waals surface area contributed by atoms with Gasteiger partial charge in [-0.15, -0.1) is 0 Å². The monoisotopic (exact) mass is 345 g/mol. The zero-order valence-corrected chi connectivity index (χ0v) is 12.4. The Balaban J connectivity index is 2.52. The van der Waals surface area contributed by atoms with Crippen LogP contribution in [0.15, 0.2) is 12.1 Å². The van der Waals surface area contributed by atoms with Crippen molar-refractivity contribution in [3.05, 3.63) is 26.8 Å². The van der Waals surface area contributed by atoms with E-state index < -0.39 is 0 Å². The summed E-state index contributed by atoms with van der Waals surface area (Å²) >= 11 is 2.22. The molecule has 17 heavy (non-hydrogen) atoms. The number of carbonyl (C=O) groups excluding carboxylic acids is 1. The molecule has 0 atom stereocenters. The Labute approximate surface area is 115 Å². The van der Waals surface area contributed by atoms with Gasteiger partial charge in [-0.1, -0.05) is 0 Å². The van der Waals surface area contributed by atoms with Crippen molar-refractivity contribution in [2.75, 3.05) is 13.7 Å². The van der Waals surface area contributed by atoms with Gasteiger partial charge in [0.1, 0.15) is 5.75 Å². The van der Waals surface area contributed by atoms with Crippen LogP contribution in [0.1, 0.15) is 29.8 Å². The molecule has 0 saturated heterocycles. The van der Waals surface area contributed by atoms with E-state index in [-0.39, 0.29) is 11.9 Å². The molecule has 0 aromatic heterocycles. The van der Waals surface area contributed by atoms with E-state index in [4.69, 9.17) is 4.74 Å². The van der Waals surface area contributed by atoms with E-state index in [1.165, 1.54) is 0 Å². The molecule has 0 fully saturated rings. The van der Waals surface area contributed by atoms with Gasteiger partial charge in [0.15, 0.2) is 0 Å². The van der Waals surface area contributed by atoms with Crippen LogP contribution in [0.2, 0.25) is 0 Å². The molecule has 1 amide bonds. The van der Waals surface area contributed by atoms with Gasteiger partial charge >= 0.3 is 0 Å². The van der Waals surface area contributed by atoms with E-state index in [0.29, 0.717) is 0 Å². The summed E-state index contributed by atoms with van der Waals surface area (Å²) in [6.45, 7) is 4.88. The summed E-state index contributed by atoms with van der Waals surface area (Å²) in [5.41, 5.74) is 1.88. The fourth-order valence-corrected chi connectivity index (χ4v) is 2.98. The lowest BCUT2D eigenvalue weighted by Gasteiger charge is -2.33. The zero-order chi connectivity index (χ0) is 12.6. The van der Waals surface area contributed by atoms with E-state index in [0.717, 1.165) is 33.4 Å². The molecule has 1 heterocycles. The summed E-state index contributed by atoms with van der Waals surface area (Å²) in [7, 11) is 1.65. The lowest BCUT2D eigenvalue weighted by molar-refractivity contribution is 0.0685. The molecule has 0 aliphatic carbocycles. The van der Waals surface area contributed by atoms with Crippen molar-refractivity contribution in [2.24, 2.45) is 0 Å². The second-order valence-corrected chi connectivity index (χ2v) is 5.61. The molecule has 0 saturated carbocycles. The van der Waals surface area contributed by atoms with Crippen LogP contribution in [0.5, 0.6) is 5.75 Å². The van der Waals surface area contributed by atoms with Crippen molar-refractivity contribution < 1.29 is 9.53 Å². The molecule has 3 nitrogen and oxygen atoms in total. The number of hydrogen-bond acceptors (Lipinski definition) is 2. The minimum Gasteiger partial charge on any atom is -0.496 e. The zero-order valence-electron chi connectivity index (χ0n) is 10.3. The lowest BCUT2D eigenvalue weighted by atomic mass is 9.97. The number of ether oxygens (including phenoxy) is 1. The molecular formula is C13H16INO2. The van der Waals surface area contributed by atoms with Crippen molar-refractivity contribution in [2.45, 2.75) is 26.3 Å². The molecule has 0 unspecified atom stereocenters. The van der Waals surface area contributed by atoms with Gasteiger partial charge in [-0.3, -0.25) is 4.79 Å². The Morgan fingerprint density at radius 2 is 2.12 bits per heavy atom. The first-order valence-electron chi connectivity index (χ1n) is 5.72. The Bertz CT molecular complexity index is 457. The summed E-state index contributed by atoms with van der Waals surface area (Å²) in [5.74, 6) is 0.960. The van der Waals surface area contributed by atoms with E-state index in [2.05, 4.69) is 36.4 Å². The standard InChI is InChI=1S/C13H16INO2/c1-8(2)15-7-6-9-11(17-3)5-4-10(14)12(9)13(15)16/h4-5,8H,6-7H2,1-3H3. The van der Waals surface area contributed by atoms with Gasteiger partial charge in [-0.05, 0) is 55.0 Å². The first kappa shape index (κ1) is 12.7. The largest absolute Gasteiger partial charge is 0.496 e. The number of methoxy groups -OCH3 is 1. The van der Waals surface area contributed by atoms with Gasteiger partial charge in [-0.25, -0.2) is 0 Å². The average molecular weight is 345 g/mol. The second kappa shape index (κ2) is 4.84. The van der Waals surface area contributed by atoms with Crippen LogP contribution in [0.4, 0.5) is 0 Å². The molecule has 4 heteroatoms. The topological polar surface area (TPSA) is 29.5 Å². The number of rotatable bonds is 2. The molecular weight excluding hydrogens is 329 g/mol. The minimum absolute atomic E-state index is 0.129. The number of nitrogens with zero attached hydrogens (tertiary/aromatic N) is 1. The summed E-state index contributed by atoms with van der Waals surface area (Å²) < 4.78 is 6.35. The third kappa shape index (κ3) is 2.14. The minimum atomic E-state index is 0.129. The Morgan fingerprint density at radius 3 is 2.71 bits per heavy atom. The van der Waals surface area contributed by atoms with Crippen LogP contribution in [0.3, 0.4) is 0 Å². The summed E-state index contributed by atoms with van der Waals surface area (Å²) in [4.78, 5) is 14.3. The van der Waals surface area contributed by atoms with Gasteiger partial charge in [0.25, 0.3) is 5.91 Å². The predicted octanol–water partition coefficient (Wildman–Crippen LogP) is 2.71. The molecule has 1 aliphatic rings. The number of halogens is 1. The first-order valence-corrected chi connectivity index (χ1v) is 6.80. The molecule has 1 aliphatic heterocycles. The van der Waals surface area contributed by atoms with E-state index >= 15 is 0 Å². The highest BCUT2D eigenvalue weighted by molar-refractivity contribution is 14.1. The summed E-state index contributed by atoms with van der Waals surface area (Å²) in [5, 5.41) is 0. The van der Waals surface area contributed by atoms with E-state index in [9.17, 15) is 4.79 Å². The summed E-state index contributed by atoms with van der Waals surface area (Å²) in [6.07, 6.45) is 0.874. The number of carbonyl (C=O) groups is 1. The quantitative estimate of drug-likeness (QED) is 0.772. The summed E-state index contributed by atoms with van der Waals surface area (Å²) in [6, 6.07) is 4.14. The van der Waals surface area contributed by atoms with Crippen molar-refractivity contribution >= 4 is 28.5 Å². The van der Waals surface area contributed by atoms with Gasteiger partial charge in [0, 0.05) is 21.7 Å². The van der Waals surface area contributed by atoms with Crippen molar-refractivity contribution in [1.29, 1.82) is 0 Å². The maximum absolute atomic E-state index is 12.4. The molecule has 0 radical (unpaired) electrons. The van der Waals surface area contributed by atoms with Crippen molar-refractivity contribution in [3.8, 4) is 5.75 Å². The van der Waals surface area contributed by atoms with Crippen LogP contribution in [0.25, 0.3) is 0 Å². The smallest absolute Gasteiger partial charge is 0.255 e. The third-order valence-electron chi connectivity index (χ3n) is 3.14. The second-order valence-electron chi connectivity index (χ2n) is 4.45. The Kier molecular flexibility index (Phi) is 3.61. The maximum atomic E-state index is 12.4. The van der Waals surface area contributed by atoms with E-state index in [1.807, 2.05) is 17.0 Å². The molecule has 0 N–H and O–H groups in total. The van der Waals surface area contributed by atoms with Gasteiger partial charge in [0.2, 0.25) is 0 Å². The van der Waals surface area contributed by atoms with Crippen LogP contribution < -0.4 is 4.74 Å². The van der Waals surface area contributed by atoms with Gasteiger partial charge in [-0.2, -0.15) is 0 Å². The molecule has 0 spiro atoms. The lowest BCUT2D eigenvalue weighted by Crippen LogP contribution is -2.42. The molecule has 1 aromatic carbocycles. The van der Waals surface area contributed by atoms with Gasteiger partial charge in [0.05, 0.1) is 12.7 Å². The van der Waals surface area contributed by atoms with Crippen molar-refractivity contribution in [3.63, 3.8) is 0 Å². The molecule has 0 bridgehead atoms. The number of hydrogen-bond donors (Lipinski definition) is 0. The predicted molar refractivity (Wildman–Crippen MR) is 75.6 cm³/mol. The van der Waals surface area contributed by atoms with Crippen molar-refractivity contribution in [1.82, 2.24) is 4.90 Å². The van der Waals surface area contributed by atoms with Crippen LogP contribution in [-0.4, -0.2) is 30.5 Å². The normalized spacial score (nSPS) is 15.1. The number of fused-ring (bicyclic) bond motifs is 1. The third-order valence-corrected chi connectivity index (χ3v) is 4.04. The average Bonchev–Trinajstić information content (AvgIpc) is 2.29. The van der Waals surface area contributed by atoms with Crippen LogP contribution in [0, 0.1) is 3.57 Å². The van der Waals surface area contributed by atoms with Crippen LogP contribution >= 0.6 is 22.6 Å². The highest BCUT2D eigenvalue weighted by atomic mass is 127. The number of benzene rings is 1. The first-order chi connectivity index (χ1) is 8.06. The SMILES string of the molecule is COc1ccc(I)c2c1CCN(C(C)C)C2=O. The highest BCUT2D eigenvalue weighted by Crippen LogP contribution is 2.32. The molecule has 1 aromatic rings. The highest BCUT2D eigenvalue weighted by Gasteiger charge is 2.29. The molecule has 92 valence electrons.